The molecule has 0 aromatic carbocycles. The first kappa shape index (κ1) is 12.1. The second kappa shape index (κ2) is 5.84. The van der Waals surface area contributed by atoms with Gasteiger partial charge in [0.1, 0.15) is 12.4 Å². The zero-order valence-corrected chi connectivity index (χ0v) is 9.99. The van der Waals surface area contributed by atoms with E-state index in [0.29, 0.717) is 18.1 Å². The van der Waals surface area contributed by atoms with Gasteiger partial charge in [-0.25, -0.2) is 0 Å². The van der Waals surface area contributed by atoms with Crippen molar-refractivity contribution in [3.05, 3.63) is 23.7 Å². The largest absolute Gasteiger partial charge is 0.453 e. The lowest BCUT2D eigenvalue weighted by atomic mass is 10.1. The van der Waals surface area contributed by atoms with Crippen LogP contribution in [0.2, 0.25) is 0 Å². The number of piperidine rings is 1. The number of carbonyl (C=O) groups excluding carboxylic acids is 1. The molecule has 5 heteroatoms. The zero-order chi connectivity index (χ0) is 12.1. The number of carbonyl (C=O) groups is 1. The van der Waals surface area contributed by atoms with E-state index in [1.54, 1.807) is 19.2 Å². The van der Waals surface area contributed by atoms with Gasteiger partial charge in [-0.05, 0) is 31.5 Å². The quantitative estimate of drug-likeness (QED) is 0.818. The van der Waals surface area contributed by atoms with Crippen molar-refractivity contribution in [3.8, 4) is 0 Å². The minimum absolute atomic E-state index is 0.152. The fourth-order valence-corrected chi connectivity index (χ4v) is 1.95. The summed E-state index contributed by atoms with van der Waals surface area (Å²) in [4.78, 5) is 11.9. The van der Waals surface area contributed by atoms with Crippen molar-refractivity contribution in [3.63, 3.8) is 0 Å². The highest BCUT2D eigenvalue weighted by atomic mass is 16.5. The van der Waals surface area contributed by atoms with Crippen LogP contribution in [0.25, 0.3) is 0 Å². The topological polar surface area (TPSA) is 63.5 Å². The van der Waals surface area contributed by atoms with Gasteiger partial charge in [-0.3, -0.25) is 4.79 Å². The van der Waals surface area contributed by atoms with Crippen LogP contribution < -0.4 is 10.6 Å². The minimum atomic E-state index is -0.152. The van der Waals surface area contributed by atoms with Crippen molar-refractivity contribution in [2.75, 3.05) is 20.2 Å². The lowest BCUT2D eigenvalue weighted by molar-refractivity contribution is 0.0894. The Morgan fingerprint density at radius 3 is 3.24 bits per heavy atom. The van der Waals surface area contributed by atoms with E-state index in [2.05, 4.69) is 10.6 Å². The Morgan fingerprint density at radius 1 is 1.65 bits per heavy atom. The van der Waals surface area contributed by atoms with Gasteiger partial charge in [0.05, 0.1) is 0 Å². The molecule has 1 aromatic rings. The molecule has 0 bridgehead atoms. The van der Waals surface area contributed by atoms with Gasteiger partial charge in [0.15, 0.2) is 5.76 Å². The van der Waals surface area contributed by atoms with E-state index in [-0.39, 0.29) is 11.9 Å². The first-order chi connectivity index (χ1) is 8.29. The summed E-state index contributed by atoms with van der Waals surface area (Å²) in [6.45, 7) is 2.25. The van der Waals surface area contributed by atoms with E-state index in [1.165, 1.54) is 0 Å². The van der Waals surface area contributed by atoms with Crippen molar-refractivity contribution in [1.29, 1.82) is 0 Å². The summed E-state index contributed by atoms with van der Waals surface area (Å²) < 4.78 is 10.3. The van der Waals surface area contributed by atoms with Crippen LogP contribution in [0.1, 0.15) is 29.2 Å². The fourth-order valence-electron chi connectivity index (χ4n) is 1.95. The van der Waals surface area contributed by atoms with Gasteiger partial charge in [0.25, 0.3) is 5.91 Å². The van der Waals surface area contributed by atoms with E-state index in [9.17, 15) is 4.79 Å². The van der Waals surface area contributed by atoms with Crippen LogP contribution in [0.4, 0.5) is 0 Å². The van der Waals surface area contributed by atoms with E-state index in [4.69, 9.17) is 9.15 Å². The van der Waals surface area contributed by atoms with Crippen LogP contribution in [0.3, 0.4) is 0 Å². The maximum atomic E-state index is 11.9. The first-order valence-corrected chi connectivity index (χ1v) is 5.89. The van der Waals surface area contributed by atoms with Crippen LogP contribution in [-0.4, -0.2) is 32.1 Å². The molecule has 1 amide bonds. The predicted octanol–water partition coefficient (Wildman–Crippen LogP) is 0.908. The van der Waals surface area contributed by atoms with Crippen molar-refractivity contribution < 1.29 is 13.9 Å². The van der Waals surface area contributed by atoms with Gasteiger partial charge >= 0.3 is 0 Å². The maximum absolute atomic E-state index is 11.9. The van der Waals surface area contributed by atoms with Crippen molar-refractivity contribution in [2.45, 2.75) is 25.5 Å². The molecule has 2 N–H and O–H groups in total. The molecule has 1 aliphatic heterocycles. The Bertz CT molecular complexity index is 370. The van der Waals surface area contributed by atoms with Crippen LogP contribution >= 0.6 is 0 Å². The molecular weight excluding hydrogens is 220 g/mol. The molecule has 5 nitrogen and oxygen atoms in total. The van der Waals surface area contributed by atoms with Crippen molar-refractivity contribution in [2.24, 2.45) is 0 Å². The summed E-state index contributed by atoms with van der Waals surface area (Å²) in [7, 11) is 1.59. The number of hydrogen-bond acceptors (Lipinski definition) is 4. The second-order valence-electron chi connectivity index (χ2n) is 4.22. The number of ether oxygens (including phenoxy) is 1. The SMILES string of the molecule is COCc1ccc(C(=O)N[C@H]2CCCNC2)o1. The van der Waals surface area contributed by atoms with Gasteiger partial charge in [-0.1, -0.05) is 0 Å². The smallest absolute Gasteiger partial charge is 0.287 e. The standard InChI is InChI=1S/C12H18N2O3/c1-16-8-10-4-5-11(17-10)12(15)14-9-3-2-6-13-7-9/h4-5,9,13H,2-3,6-8H2,1H3,(H,14,15)/t9-/m0/s1. The lowest BCUT2D eigenvalue weighted by Crippen LogP contribution is -2.45. The Balaban J connectivity index is 1.89. The average molecular weight is 238 g/mol. The van der Waals surface area contributed by atoms with Gasteiger partial charge in [0.2, 0.25) is 0 Å². The number of hydrogen-bond donors (Lipinski definition) is 2. The zero-order valence-electron chi connectivity index (χ0n) is 9.99. The molecule has 17 heavy (non-hydrogen) atoms. The number of nitrogens with one attached hydrogen (secondary N) is 2. The van der Waals surface area contributed by atoms with E-state index in [1.807, 2.05) is 0 Å². The average Bonchev–Trinajstić information content (AvgIpc) is 2.79. The predicted molar refractivity (Wildman–Crippen MR) is 62.8 cm³/mol. The Labute approximate surface area is 101 Å². The highest BCUT2D eigenvalue weighted by Gasteiger charge is 2.18. The number of methoxy groups -OCH3 is 1. The molecule has 2 rings (SSSR count). The molecule has 0 unspecified atom stereocenters. The van der Waals surface area contributed by atoms with Crippen molar-refractivity contribution >= 4 is 5.91 Å². The Hall–Kier alpha value is -1.33. The minimum Gasteiger partial charge on any atom is -0.453 e. The van der Waals surface area contributed by atoms with Crippen LogP contribution in [0.15, 0.2) is 16.5 Å². The molecular formula is C12H18N2O3. The van der Waals surface area contributed by atoms with E-state index >= 15 is 0 Å². The molecule has 1 aromatic heterocycles. The van der Waals surface area contributed by atoms with Gasteiger partial charge in [-0.15, -0.1) is 0 Å². The van der Waals surface area contributed by atoms with Gasteiger partial charge in [-0.2, -0.15) is 0 Å². The molecule has 2 heterocycles. The highest BCUT2D eigenvalue weighted by molar-refractivity contribution is 5.91. The van der Waals surface area contributed by atoms with E-state index < -0.39 is 0 Å². The summed E-state index contributed by atoms with van der Waals surface area (Å²) in [6, 6.07) is 3.64. The third-order valence-electron chi connectivity index (χ3n) is 2.80. The van der Waals surface area contributed by atoms with Gasteiger partial charge in [0, 0.05) is 19.7 Å². The number of furan rings is 1. The summed E-state index contributed by atoms with van der Waals surface area (Å²) in [5.74, 6) is 0.864. The van der Waals surface area contributed by atoms with Crippen molar-refractivity contribution in [1.82, 2.24) is 10.6 Å². The molecule has 1 saturated heterocycles. The molecule has 0 spiro atoms. The molecule has 1 fully saturated rings. The summed E-state index contributed by atoms with van der Waals surface area (Å²) in [5, 5.41) is 6.21. The Morgan fingerprint density at radius 2 is 2.53 bits per heavy atom. The normalized spacial score (nSPS) is 20.2. The molecule has 1 atom stereocenters. The Kier molecular flexibility index (Phi) is 4.17. The van der Waals surface area contributed by atoms with Crippen LogP contribution in [0, 0.1) is 0 Å². The first-order valence-electron chi connectivity index (χ1n) is 5.89. The summed E-state index contributed by atoms with van der Waals surface area (Å²) >= 11 is 0. The number of amides is 1. The molecule has 0 radical (unpaired) electrons. The second-order valence-corrected chi connectivity index (χ2v) is 4.22. The molecule has 94 valence electrons. The van der Waals surface area contributed by atoms with Gasteiger partial charge < -0.3 is 19.8 Å². The lowest BCUT2D eigenvalue weighted by Gasteiger charge is -2.23. The fraction of sp³-hybridized carbons (Fsp3) is 0.583. The number of rotatable bonds is 4. The van der Waals surface area contributed by atoms with Crippen LogP contribution in [-0.2, 0) is 11.3 Å². The van der Waals surface area contributed by atoms with E-state index in [0.717, 1.165) is 25.9 Å². The molecule has 1 aliphatic rings. The third kappa shape index (κ3) is 3.31. The monoisotopic (exact) mass is 238 g/mol. The molecule has 0 saturated carbocycles. The summed E-state index contributed by atoms with van der Waals surface area (Å²) in [6.07, 6.45) is 2.11. The summed E-state index contributed by atoms with van der Waals surface area (Å²) in [5.41, 5.74) is 0. The third-order valence-corrected chi connectivity index (χ3v) is 2.80. The highest BCUT2D eigenvalue weighted by Crippen LogP contribution is 2.10. The molecule has 0 aliphatic carbocycles. The van der Waals surface area contributed by atoms with Crippen LogP contribution in [0.5, 0.6) is 0 Å². The maximum Gasteiger partial charge on any atom is 0.287 e.